The van der Waals surface area contributed by atoms with Gasteiger partial charge >= 0.3 is 0 Å². The smallest absolute Gasteiger partial charge is 0.257 e. The van der Waals surface area contributed by atoms with E-state index in [1.54, 1.807) is 12.0 Å². The predicted octanol–water partition coefficient (Wildman–Crippen LogP) is 3.36. The Bertz CT molecular complexity index is 832. The molecule has 1 unspecified atom stereocenters. The molecule has 150 valence electrons. The van der Waals surface area contributed by atoms with E-state index in [9.17, 15) is 13.2 Å². The SMILES string of the molecule is COc1cccc(CN2CCC(F)(F)C3(CCN(c4ncc(F)cn4)C3)C2)c1. The van der Waals surface area contributed by atoms with E-state index in [1.165, 1.54) is 0 Å². The number of likely N-dealkylation sites (tertiary alicyclic amines) is 1. The van der Waals surface area contributed by atoms with Crippen LogP contribution in [0.2, 0.25) is 0 Å². The van der Waals surface area contributed by atoms with Crippen molar-refractivity contribution in [2.75, 3.05) is 38.2 Å². The van der Waals surface area contributed by atoms with Crippen LogP contribution in [0, 0.1) is 11.2 Å². The Hall–Kier alpha value is -2.35. The van der Waals surface area contributed by atoms with E-state index in [-0.39, 0.29) is 13.0 Å². The number of piperidine rings is 1. The van der Waals surface area contributed by atoms with Crippen LogP contribution in [-0.4, -0.2) is 54.1 Å². The molecule has 0 bridgehead atoms. The Balaban J connectivity index is 1.51. The van der Waals surface area contributed by atoms with Crippen molar-refractivity contribution in [3.8, 4) is 5.75 Å². The van der Waals surface area contributed by atoms with Gasteiger partial charge < -0.3 is 9.64 Å². The summed E-state index contributed by atoms with van der Waals surface area (Å²) in [5.74, 6) is -2.23. The molecule has 5 nitrogen and oxygen atoms in total. The van der Waals surface area contributed by atoms with Crippen molar-refractivity contribution in [3.63, 3.8) is 0 Å². The van der Waals surface area contributed by atoms with E-state index < -0.39 is 17.2 Å². The van der Waals surface area contributed by atoms with Gasteiger partial charge in [0, 0.05) is 39.1 Å². The number of alkyl halides is 2. The van der Waals surface area contributed by atoms with E-state index >= 15 is 0 Å². The first-order valence-electron chi connectivity index (χ1n) is 9.36. The molecule has 0 amide bonds. The fraction of sp³-hybridized carbons (Fsp3) is 0.500. The number of rotatable bonds is 4. The average molecular weight is 392 g/mol. The number of aromatic nitrogens is 2. The van der Waals surface area contributed by atoms with Crippen LogP contribution in [0.1, 0.15) is 18.4 Å². The molecule has 3 heterocycles. The Labute approximate surface area is 162 Å². The highest BCUT2D eigenvalue weighted by molar-refractivity contribution is 5.33. The second-order valence-electron chi connectivity index (χ2n) is 7.67. The lowest BCUT2D eigenvalue weighted by molar-refractivity contribution is -0.158. The van der Waals surface area contributed by atoms with Crippen LogP contribution in [0.4, 0.5) is 19.1 Å². The molecule has 1 aromatic carbocycles. The predicted molar refractivity (Wildman–Crippen MR) is 99.1 cm³/mol. The van der Waals surface area contributed by atoms with Crippen molar-refractivity contribution in [1.29, 1.82) is 0 Å². The Morgan fingerprint density at radius 2 is 1.89 bits per heavy atom. The van der Waals surface area contributed by atoms with E-state index in [2.05, 4.69) is 14.9 Å². The minimum atomic E-state index is -2.76. The van der Waals surface area contributed by atoms with E-state index in [1.807, 2.05) is 24.3 Å². The largest absolute Gasteiger partial charge is 0.497 e. The average Bonchev–Trinajstić information content (AvgIpc) is 3.11. The van der Waals surface area contributed by atoms with Gasteiger partial charge in [0.15, 0.2) is 5.82 Å². The molecule has 1 atom stereocenters. The van der Waals surface area contributed by atoms with Crippen LogP contribution >= 0.6 is 0 Å². The third-order valence-electron chi connectivity index (χ3n) is 5.83. The summed E-state index contributed by atoms with van der Waals surface area (Å²) >= 11 is 0. The molecule has 1 spiro atoms. The third-order valence-corrected chi connectivity index (χ3v) is 5.83. The highest BCUT2D eigenvalue weighted by atomic mass is 19.3. The summed E-state index contributed by atoms with van der Waals surface area (Å²) in [5.41, 5.74) is -0.113. The third kappa shape index (κ3) is 3.53. The second kappa shape index (κ2) is 7.24. The summed E-state index contributed by atoms with van der Waals surface area (Å²) in [6.45, 7) is 1.85. The van der Waals surface area contributed by atoms with E-state index in [4.69, 9.17) is 4.74 Å². The molecule has 2 saturated heterocycles. The van der Waals surface area contributed by atoms with Gasteiger partial charge in [-0.15, -0.1) is 0 Å². The van der Waals surface area contributed by atoms with E-state index in [0.717, 1.165) is 23.7 Å². The van der Waals surface area contributed by atoms with Crippen molar-refractivity contribution in [3.05, 3.63) is 48.0 Å². The molecular formula is C20H23F3N4O. The fourth-order valence-electron chi connectivity index (χ4n) is 4.29. The van der Waals surface area contributed by atoms with Gasteiger partial charge in [0.05, 0.1) is 24.9 Å². The molecule has 2 aromatic rings. The molecular weight excluding hydrogens is 369 g/mol. The summed E-state index contributed by atoms with van der Waals surface area (Å²) in [7, 11) is 1.61. The Morgan fingerprint density at radius 1 is 1.11 bits per heavy atom. The summed E-state index contributed by atoms with van der Waals surface area (Å²) in [5, 5.41) is 0. The van der Waals surface area contributed by atoms with Crippen molar-refractivity contribution in [2.24, 2.45) is 5.41 Å². The van der Waals surface area contributed by atoms with Gasteiger partial charge in [0.2, 0.25) is 5.95 Å². The fourth-order valence-corrected chi connectivity index (χ4v) is 4.29. The second-order valence-corrected chi connectivity index (χ2v) is 7.67. The summed E-state index contributed by atoms with van der Waals surface area (Å²) in [6.07, 6.45) is 2.33. The zero-order valence-electron chi connectivity index (χ0n) is 15.7. The minimum Gasteiger partial charge on any atom is -0.497 e. The first-order valence-corrected chi connectivity index (χ1v) is 9.36. The molecule has 8 heteroatoms. The van der Waals surface area contributed by atoms with E-state index in [0.29, 0.717) is 38.5 Å². The molecule has 0 aliphatic carbocycles. The van der Waals surface area contributed by atoms with Crippen LogP contribution < -0.4 is 9.64 Å². The number of methoxy groups -OCH3 is 1. The monoisotopic (exact) mass is 392 g/mol. The number of halogens is 3. The maximum atomic E-state index is 15.0. The molecule has 0 saturated carbocycles. The Kier molecular flexibility index (Phi) is 4.91. The van der Waals surface area contributed by atoms with Crippen molar-refractivity contribution >= 4 is 5.95 Å². The first-order chi connectivity index (χ1) is 13.4. The number of nitrogens with zero attached hydrogens (tertiary/aromatic N) is 4. The first kappa shape index (κ1) is 19.0. The van der Waals surface area contributed by atoms with Crippen LogP contribution in [0.3, 0.4) is 0 Å². The lowest BCUT2D eigenvalue weighted by atomic mass is 9.75. The minimum absolute atomic E-state index is 0.167. The van der Waals surface area contributed by atoms with Crippen molar-refractivity contribution in [2.45, 2.75) is 25.3 Å². The summed E-state index contributed by atoms with van der Waals surface area (Å²) < 4.78 is 48.3. The number of hydrogen-bond donors (Lipinski definition) is 0. The highest BCUT2D eigenvalue weighted by Gasteiger charge is 2.59. The molecule has 2 aliphatic rings. The van der Waals surface area contributed by atoms with Crippen LogP contribution in [0.15, 0.2) is 36.7 Å². The number of benzene rings is 1. The highest BCUT2D eigenvalue weighted by Crippen LogP contribution is 2.50. The topological polar surface area (TPSA) is 41.5 Å². The summed E-state index contributed by atoms with van der Waals surface area (Å²) in [4.78, 5) is 11.7. The molecule has 28 heavy (non-hydrogen) atoms. The zero-order chi connectivity index (χ0) is 19.8. The van der Waals surface area contributed by atoms with Crippen molar-refractivity contribution < 1.29 is 17.9 Å². The van der Waals surface area contributed by atoms with Gasteiger partial charge in [-0.25, -0.2) is 23.1 Å². The molecule has 2 aliphatic heterocycles. The molecule has 4 rings (SSSR count). The quantitative estimate of drug-likeness (QED) is 0.798. The maximum absolute atomic E-state index is 15.0. The van der Waals surface area contributed by atoms with Gasteiger partial charge in [-0.3, -0.25) is 4.90 Å². The molecule has 0 N–H and O–H groups in total. The zero-order valence-corrected chi connectivity index (χ0v) is 15.7. The standard InChI is InChI=1S/C20H23F3N4O/c1-28-17-4-2-3-15(9-17)12-26-7-6-20(22,23)19(13-26)5-8-27(14-19)18-24-10-16(21)11-25-18/h2-4,9-11H,5-8,12-14H2,1H3. The lowest BCUT2D eigenvalue weighted by Crippen LogP contribution is -2.56. The van der Waals surface area contributed by atoms with Gasteiger partial charge in [-0.1, -0.05) is 12.1 Å². The molecule has 2 fully saturated rings. The van der Waals surface area contributed by atoms with Gasteiger partial charge in [-0.05, 0) is 24.1 Å². The number of anilines is 1. The van der Waals surface area contributed by atoms with Crippen LogP contribution in [0.5, 0.6) is 5.75 Å². The number of hydrogen-bond acceptors (Lipinski definition) is 5. The Morgan fingerprint density at radius 3 is 2.64 bits per heavy atom. The lowest BCUT2D eigenvalue weighted by Gasteiger charge is -2.46. The van der Waals surface area contributed by atoms with Gasteiger partial charge in [0.25, 0.3) is 5.92 Å². The summed E-state index contributed by atoms with van der Waals surface area (Å²) in [6, 6.07) is 7.69. The number of ether oxygens (including phenoxy) is 1. The molecule has 0 radical (unpaired) electrons. The normalized spacial score (nSPS) is 24.6. The van der Waals surface area contributed by atoms with Gasteiger partial charge in [-0.2, -0.15) is 0 Å². The van der Waals surface area contributed by atoms with Crippen LogP contribution in [-0.2, 0) is 6.54 Å². The van der Waals surface area contributed by atoms with Gasteiger partial charge in [0.1, 0.15) is 5.75 Å². The molecule has 1 aromatic heterocycles. The van der Waals surface area contributed by atoms with Crippen LogP contribution in [0.25, 0.3) is 0 Å². The maximum Gasteiger partial charge on any atom is 0.257 e. The van der Waals surface area contributed by atoms with Crippen molar-refractivity contribution in [1.82, 2.24) is 14.9 Å².